The van der Waals surface area contributed by atoms with Gasteiger partial charge in [0.15, 0.2) is 0 Å². The Kier molecular flexibility index (Phi) is 4.82. The fraction of sp³-hybridized carbons (Fsp3) is 0.333. The maximum absolute atomic E-state index is 12.9. The molecule has 0 radical (unpaired) electrons. The number of carbonyl (C=O) groups is 1. The van der Waals surface area contributed by atoms with E-state index in [1.54, 1.807) is 18.3 Å². The van der Waals surface area contributed by atoms with Gasteiger partial charge in [-0.3, -0.25) is 4.79 Å². The smallest absolute Gasteiger partial charge is 0.254 e. The minimum atomic E-state index is -0.00391. The van der Waals surface area contributed by atoms with Crippen molar-refractivity contribution in [2.75, 3.05) is 13.2 Å². The van der Waals surface area contributed by atoms with Crippen molar-refractivity contribution in [1.82, 2.24) is 9.88 Å². The summed E-state index contributed by atoms with van der Waals surface area (Å²) in [6.07, 6.45) is 3.52. The number of halogens is 1. The second-order valence-corrected chi connectivity index (χ2v) is 5.90. The highest BCUT2D eigenvalue weighted by Gasteiger charge is 2.31. The van der Waals surface area contributed by atoms with Crippen LogP contribution < -0.4 is 4.74 Å². The van der Waals surface area contributed by atoms with Gasteiger partial charge < -0.3 is 9.64 Å². The summed E-state index contributed by atoms with van der Waals surface area (Å²) in [7, 11) is 0. The molecule has 1 aliphatic rings. The summed E-state index contributed by atoms with van der Waals surface area (Å²) in [5.41, 5.74) is 1.61. The van der Waals surface area contributed by atoms with E-state index in [1.165, 1.54) is 0 Å². The molecule has 2 heterocycles. The van der Waals surface area contributed by atoms with Crippen molar-refractivity contribution >= 4 is 17.5 Å². The maximum atomic E-state index is 12.9. The van der Waals surface area contributed by atoms with Crippen LogP contribution in [-0.4, -0.2) is 28.9 Å². The minimum Gasteiger partial charge on any atom is -0.478 e. The Labute approximate surface area is 141 Å². The van der Waals surface area contributed by atoms with Crippen LogP contribution in [0, 0.1) is 0 Å². The number of amides is 1. The SMILES string of the molecule is CCOc1cc(C(=O)N2CCCC2c2ccccc2Cl)ccn1. The molecule has 0 spiro atoms. The van der Waals surface area contributed by atoms with E-state index in [4.69, 9.17) is 16.3 Å². The molecule has 120 valence electrons. The third kappa shape index (κ3) is 3.32. The van der Waals surface area contributed by atoms with Crippen LogP contribution in [0.5, 0.6) is 5.88 Å². The molecule has 23 heavy (non-hydrogen) atoms. The zero-order valence-electron chi connectivity index (χ0n) is 13.0. The van der Waals surface area contributed by atoms with Crippen molar-refractivity contribution in [3.8, 4) is 5.88 Å². The molecule has 0 N–H and O–H groups in total. The fourth-order valence-electron chi connectivity index (χ4n) is 3.01. The van der Waals surface area contributed by atoms with E-state index in [0.29, 0.717) is 23.1 Å². The van der Waals surface area contributed by atoms with E-state index in [1.807, 2.05) is 36.1 Å². The van der Waals surface area contributed by atoms with Crippen LogP contribution in [0.3, 0.4) is 0 Å². The molecule has 1 fully saturated rings. The first-order valence-corrected chi connectivity index (χ1v) is 8.22. The van der Waals surface area contributed by atoms with E-state index in [0.717, 1.165) is 24.9 Å². The normalized spacial score (nSPS) is 17.3. The lowest BCUT2D eigenvalue weighted by molar-refractivity contribution is 0.0735. The monoisotopic (exact) mass is 330 g/mol. The van der Waals surface area contributed by atoms with E-state index in [2.05, 4.69) is 4.98 Å². The predicted octanol–water partition coefficient (Wildman–Crippen LogP) is 4.11. The van der Waals surface area contributed by atoms with Crippen LogP contribution >= 0.6 is 11.6 Å². The average molecular weight is 331 g/mol. The average Bonchev–Trinajstić information content (AvgIpc) is 3.04. The number of pyridine rings is 1. The Morgan fingerprint density at radius 3 is 3.00 bits per heavy atom. The highest BCUT2D eigenvalue weighted by atomic mass is 35.5. The van der Waals surface area contributed by atoms with Crippen LogP contribution in [0.15, 0.2) is 42.6 Å². The number of hydrogen-bond acceptors (Lipinski definition) is 3. The van der Waals surface area contributed by atoms with E-state index >= 15 is 0 Å². The third-order valence-corrected chi connectivity index (χ3v) is 4.40. The second-order valence-electron chi connectivity index (χ2n) is 5.49. The number of aromatic nitrogens is 1. The Hall–Kier alpha value is -2.07. The molecule has 0 bridgehead atoms. The molecule has 1 aliphatic heterocycles. The summed E-state index contributed by atoms with van der Waals surface area (Å²) in [6.45, 7) is 3.15. The van der Waals surface area contributed by atoms with Crippen LogP contribution in [-0.2, 0) is 0 Å². The van der Waals surface area contributed by atoms with Crippen molar-refractivity contribution < 1.29 is 9.53 Å². The van der Waals surface area contributed by atoms with Gasteiger partial charge in [-0.05, 0) is 37.5 Å². The van der Waals surface area contributed by atoms with Gasteiger partial charge in [-0.15, -0.1) is 0 Å². The van der Waals surface area contributed by atoms with Crippen LogP contribution in [0.4, 0.5) is 0 Å². The Morgan fingerprint density at radius 1 is 1.39 bits per heavy atom. The van der Waals surface area contributed by atoms with Gasteiger partial charge in [0.25, 0.3) is 5.91 Å². The lowest BCUT2D eigenvalue weighted by atomic mass is 10.0. The molecule has 0 saturated carbocycles. The van der Waals surface area contributed by atoms with Gasteiger partial charge in [-0.2, -0.15) is 0 Å². The van der Waals surface area contributed by atoms with Crippen LogP contribution in [0.2, 0.25) is 5.02 Å². The number of benzene rings is 1. The van der Waals surface area contributed by atoms with Gasteiger partial charge in [-0.25, -0.2) is 4.98 Å². The van der Waals surface area contributed by atoms with Crippen molar-refractivity contribution in [2.45, 2.75) is 25.8 Å². The largest absolute Gasteiger partial charge is 0.478 e. The number of ether oxygens (including phenoxy) is 1. The van der Waals surface area contributed by atoms with Crippen molar-refractivity contribution in [3.63, 3.8) is 0 Å². The Bertz CT molecular complexity index is 705. The number of carbonyl (C=O) groups excluding carboxylic acids is 1. The van der Waals surface area contributed by atoms with E-state index in [9.17, 15) is 4.79 Å². The van der Waals surface area contributed by atoms with Gasteiger partial charge in [-0.1, -0.05) is 29.8 Å². The standard InChI is InChI=1S/C18H19ClN2O2/c1-2-23-17-12-13(9-10-20-17)18(22)21-11-5-8-16(21)14-6-3-4-7-15(14)19/h3-4,6-7,9-10,12,16H,2,5,8,11H2,1H3. The number of nitrogens with zero attached hydrogens (tertiary/aromatic N) is 2. The van der Waals surface area contributed by atoms with Gasteiger partial charge in [0.05, 0.1) is 12.6 Å². The third-order valence-electron chi connectivity index (χ3n) is 4.05. The van der Waals surface area contributed by atoms with E-state index < -0.39 is 0 Å². The van der Waals surface area contributed by atoms with Crippen molar-refractivity contribution in [3.05, 3.63) is 58.7 Å². The highest BCUT2D eigenvalue weighted by molar-refractivity contribution is 6.31. The minimum absolute atomic E-state index is 0.00391. The van der Waals surface area contributed by atoms with Crippen LogP contribution in [0.25, 0.3) is 0 Å². The second kappa shape index (κ2) is 7.01. The molecule has 1 aromatic heterocycles. The quantitative estimate of drug-likeness (QED) is 0.847. The van der Waals surface area contributed by atoms with Crippen molar-refractivity contribution in [1.29, 1.82) is 0 Å². The first kappa shape index (κ1) is 15.8. The zero-order chi connectivity index (χ0) is 16.2. The number of hydrogen-bond donors (Lipinski definition) is 0. The summed E-state index contributed by atoms with van der Waals surface area (Å²) in [5, 5.41) is 0.710. The Balaban J connectivity index is 1.86. The topological polar surface area (TPSA) is 42.4 Å². The molecule has 1 saturated heterocycles. The van der Waals surface area contributed by atoms with Crippen molar-refractivity contribution in [2.24, 2.45) is 0 Å². The van der Waals surface area contributed by atoms with E-state index in [-0.39, 0.29) is 11.9 Å². The molecule has 1 aromatic carbocycles. The molecule has 3 rings (SSSR count). The molecule has 1 atom stereocenters. The molecule has 1 unspecified atom stereocenters. The maximum Gasteiger partial charge on any atom is 0.254 e. The summed E-state index contributed by atoms with van der Waals surface area (Å²) < 4.78 is 5.39. The molecule has 2 aromatic rings. The summed E-state index contributed by atoms with van der Waals surface area (Å²) in [6, 6.07) is 11.2. The summed E-state index contributed by atoms with van der Waals surface area (Å²) >= 11 is 6.32. The molecule has 1 amide bonds. The highest BCUT2D eigenvalue weighted by Crippen LogP contribution is 2.36. The number of rotatable bonds is 4. The van der Waals surface area contributed by atoms with Gasteiger partial charge >= 0.3 is 0 Å². The van der Waals surface area contributed by atoms with Gasteiger partial charge in [0, 0.05) is 29.4 Å². The zero-order valence-corrected chi connectivity index (χ0v) is 13.8. The lowest BCUT2D eigenvalue weighted by Gasteiger charge is -2.26. The van der Waals surface area contributed by atoms with Crippen LogP contribution in [0.1, 0.15) is 41.7 Å². The first-order valence-electron chi connectivity index (χ1n) is 7.85. The van der Waals surface area contributed by atoms with Gasteiger partial charge in [0.2, 0.25) is 5.88 Å². The molecular formula is C18H19ClN2O2. The fourth-order valence-corrected chi connectivity index (χ4v) is 3.28. The van der Waals surface area contributed by atoms with Gasteiger partial charge in [0.1, 0.15) is 0 Å². The number of likely N-dealkylation sites (tertiary alicyclic amines) is 1. The molecule has 0 aliphatic carbocycles. The molecule has 4 nitrogen and oxygen atoms in total. The molecule has 5 heteroatoms. The summed E-state index contributed by atoms with van der Waals surface area (Å²) in [5.74, 6) is 0.475. The Morgan fingerprint density at radius 2 is 2.22 bits per heavy atom. The molecular weight excluding hydrogens is 312 g/mol. The first-order chi connectivity index (χ1) is 11.2. The summed E-state index contributed by atoms with van der Waals surface area (Å²) in [4.78, 5) is 18.9. The predicted molar refractivity (Wildman–Crippen MR) is 89.9 cm³/mol. The lowest BCUT2D eigenvalue weighted by Crippen LogP contribution is -2.30.